The third-order valence-electron chi connectivity index (χ3n) is 4.95. The lowest BCUT2D eigenvalue weighted by Gasteiger charge is -2.25. The number of alkyl halides is 3. The zero-order chi connectivity index (χ0) is 19.6. The Kier molecular flexibility index (Phi) is 5.41. The number of carbonyl (C=O) groups excluding carboxylic acids is 1. The summed E-state index contributed by atoms with van der Waals surface area (Å²) in [4.78, 5) is 13.6. The van der Waals surface area contributed by atoms with Crippen molar-refractivity contribution in [1.82, 2.24) is 0 Å². The number of methoxy groups -OCH3 is 1. The molecule has 4 nitrogen and oxygen atoms in total. The average molecular weight is 379 g/mol. The minimum atomic E-state index is -4.35. The second kappa shape index (κ2) is 7.60. The van der Waals surface area contributed by atoms with Crippen LogP contribution in [0.4, 0.5) is 18.9 Å². The summed E-state index contributed by atoms with van der Waals surface area (Å²) in [5, 5.41) is 9.73. The van der Waals surface area contributed by atoms with Crippen LogP contribution in [-0.2, 0) is 10.9 Å². The van der Waals surface area contributed by atoms with Crippen molar-refractivity contribution in [3.05, 3.63) is 65.2 Å². The lowest BCUT2D eigenvalue weighted by Crippen LogP contribution is -2.32. The number of nitrogens with zero attached hydrogens (tertiary/aromatic N) is 1. The Labute approximate surface area is 155 Å². The number of carbonyl (C=O) groups is 1. The molecule has 0 bridgehead atoms. The lowest BCUT2D eigenvalue weighted by atomic mass is 9.95. The summed E-state index contributed by atoms with van der Waals surface area (Å²) in [6, 6.07) is 11.9. The number of halogens is 3. The van der Waals surface area contributed by atoms with E-state index < -0.39 is 17.7 Å². The number of hydrogen-bond acceptors (Lipinski definition) is 4. The first kappa shape index (κ1) is 19.2. The van der Waals surface area contributed by atoms with Gasteiger partial charge >= 0.3 is 12.1 Å². The summed E-state index contributed by atoms with van der Waals surface area (Å²) in [5.74, 6) is -0.408. The smallest absolute Gasteiger partial charge is 0.416 e. The Morgan fingerprint density at radius 2 is 1.78 bits per heavy atom. The predicted molar refractivity (Wildman–Crippen MR) is 94.8 cm³/mol. The molecule has 27 heavy (non-hydrogen) atoms. The van der Waals surface area contributed by atoms with Gasteiger partial charge in [0.1, 0.15) is 0 Å². The van der Waals surface area contributed by atoms with Gasteiger partial charge in [-0.2, -0.15) is 13.2 Å². The van der Waals surface area contributed by atoms with Crippen LogP contribution in [0.2, 0.25) is 0 Å². The molecule has 1 saturated heterocycles. The second-order valence-corrected chi connectivity index (χ2v) is 6.58. The SMILES string of the molecule is COC(=O)c1ccc(N2CC(c3ccc(C(F)(F)F)cc3)C[C@H]2CO)cc1. The van der Waals surface area contributed by atoms with Gasteiger partial charge in [0.15, 0.2) is 0 Å². The quantitative estimate of drug-likeness (QED) is 0.820. The van der Waals surface area contributed by atoms with Crippen LogP contribution in [0.15, 0.2) is 48.5 Å². The van der Waals surface area contributed by atoms with Crippen molar-refractivity contribution < 1.29 is 27.8 Å². The fourth-order valence-electron chi connectivity index (χ4n) is 3.50. The summed E-state index contributed by atoms with van der Waals surface area (Å²) in [6.45, 7) is 0.518. The van der Waals surface area contributed by atoms with E-state index in [1.54, 1.807) is 24.3 Å². The number of anilines is 1. The summed E-state index contributed by atoms with van der Waals surface area (Å²) in [7, 11) is 1.31. The van der Waals surface area contributed by atoms with Crippen molar-refractivity contribution >= 4 is 11.7 Å². The lowest BCUT2D eigenvalue weighted by molar-refractivity contribution is -0.137. The third kappa shape index (κ3) is 4.08. The van der Waals surface area contributed by atoms with Crippen molar-refractivity contribution in [2.45, 2.75) is 24.6 Å². The first-order chi connectivity index (χ1) is 12.8. The van der Waals surface area contributed by atoms with Gasteiger partial charge in [-0.05, 0) is 48.4 Å². The number of aliphatic hydroxyl groups is 1. The maximum absolute atomic E-state index is 12.7. The van der Waals surface area contributed by atoms with Crippen molar-refractivity contribution in [1.29, 1.82) is 0 Å². The standard InChI is InChI=1S/C20H20F3NO3/c1-27-19(26)14-4-8-17(9-5-14)24-11-15(10-18(24)12-25)13-2-6-16(7-3-13)20(21,22)23/h2-9,15,18,25H,10-12H2,1H3/t15?,18-/m0/s1. The summed E-state index contributed by atoms with van der Waals surface area (Å²) >= 11 is 0. The van der Waals surface area contributed by atoms with E-state index in [1.165, 1.54) is 19.2 Å². The topological polar surface area (TPSA) is 49.8 Å². The first-order valence-corrected chi connectivity index (χ1v) is 8.56. The van der Waals surface area contributed by atoms with Crippen molar-refractivity contribution in [3.63, 3.8) is 0 Å². The zero-order valence-electron chi connectivity index (χ0n) is 14.7. The molecule has 0 aliphatic carbocycles. The molecule has 2 atom stereocenters. The Balaban J connectivity index is 1.78. The van der Waals surface area contributed by atoms with E-state index in [1.807, 2.05) is 4.90 Å². The van der Waals surface area contributed by atoms with Gasteiger partial charge in [-0.25, -0.2) is 4.79 Å². The van der Waals surface area contributed by atoms with Gasteiger partial charge in [0, 0.05) is 18.2 Å². The van der Waals surface area contributed by atoms with Crippen molar-refractivity contribution in [3.8, 4) is 0 Å². The fourth-order valence-corrected chi connectivity index (χ4v) is 3.50. The van der Waals surface area contributed by atoms with Gasteiger partial charge < -0.3 is 14.7 Å². The molecule has 3 rings (SSSR count). The number of hydrogen-bond donors (Lipinski definition) is 1. The second-order valence-electron chi connectivity index (χ2n) is 6.58. The summed E-state index contributed by atoms with van der Waals surface area (Å²) < 4.78 is 42.9. The largest absolute Gasteiger partial charge is 0.465 e. The molecular formula is C20H20F3NO3. The Hall–Kier alpha value is -2.54. The van der Waals surface area contributed by atoms with E-state index in [4.69, 9.17) is 0 Å². The molecule has 7 heteroatoms. The maximum Gasteiger partial charge on any atom is 0.416 e. The van der Waals surface area contributed by atoms with Gasteiger partial charge in [-0.15, -0.1) is 0 Å². The maximum atomic E-state index is 12.7. The molecule has 144 valence electrons. The normalized spacial score (nSPS) is 20.0. The van der Waals surface area contributed by atoms with Crippen LogP contribution < -0.4 is 4.90 Å². The van der Waals surface area contributed by atoms with E-state index in [0.717, 1.165) is 23.4 Å². The van der Waals surface area contributed by atoms with Crippen LogP contribution in [0.5, 0.6) is 0 Å². The molecule has 0 saturated carbocycles. The number of ether oxygens (including phenoxy) is 1. The number of aliphatic hydroxyl groups excluding tert-OH is 1. The van der Waals surface area contributed by atoms with E-state index >= 15 is 0 Å². The molecule has 1 heterocycles. The Morgan fingerprint density at radius 3 is 2.30 bits per heavy atom. The molecule has 0 spiro atoms. The molecule has 1 aliphatic rings. The Bertz CT molecular complexity index is 788. The molecule has 1 fully saturated rings. The number of rotatable bonds is 4. The minimum Gasteiger partial charge on any atom is -0.465 e. The molecule has 0 aromatic heterocycles. The molecule has 1 N–H and O–H groups in total. The fraction of sp³-hybridized carbons (Fsp3) is 0.350. The third-order valence-corrected chi connectivity index (χ3v) is 4.95. The van der Waals surface area contributed by atoms with Gasteiger partial charge in [0.2, 0.25) is 0 Å². The van der Waals surface area contributed by atoms with Crippen LogP contribution in [0.25, 0.3) is 0 Å². The molecule has 2 aromatic carbocycles. The highest BCUT2D eigenvalue weighted by molar-refractivity contribution is 5.89. The molecule has 2 aromatic rings. The molecular weight excluding hydrogens is 359 g/mol. The van der Waals surface area contributed by atoms with Crippen LogP contribution in [0, 0.1) is 0 Å². The van der Waals surface area contributed by atoms with Crippen LogP contribution in [0.1, 0.15) is 33.8 Å². The predicted octanol–water partition coefficient (Wildman–Crippen LogP) is 3.85. The Morgan fingerprint density at radius 1 is 1.15 bits per heavy atom. The highest BCUT2D eigenvalue weighted by atomic mass is 19.4. The van der Waals surface area contributed by atoms with E-state index in [2.05, 4.69) is 4.74 Å². The average Bonchev–Trinajstić information content (AvgIpc) is 3.11. The van der Waals surface area contributed by atoms with Gasteiger partial charge in [-0.3, -0.25) is 0 Å². The molecule has 1 aliphatic heterocycles. The highest BCUT2D eigenvalue weighted by Gasteiger charge is 2.34. The van der Waals surface area contributed by atoms with Gasteiger partial charge in [0.05, 0.1) is 30.9 Å². The van der Waals surface area contributed by atoms with Gasteiger partial charge in [0.25, 0.3) is 0 Å². The van der Waals surface area contributed by atoms with Crippen LogP contribution >= 0.6 is 0 Å². The van der Waals surface area contributed by atoms with E-state index in [0.29, 0.717) is 18.5 Å². The monoisotopic (exact) mass is 379 g/mol. The molecule has 0 radical (unpaired) electrons. The minimum absolute atomic E-state index is 0.0183. The molecule has 0 amide bonds. The van der Waals surface area contributed by atoms with E-state index in [-0.39, 0.29) is 18.6 Å². The van der Waals surface area contributed by atoms with Crippen LogP contribution in [0.3, 0.4) is 0 Å². The molecule has 1 unspecified atom stereocenters. The number of esters is 1. The first-order valence-electron chi connectivity index (χ1n) is 8.56. The summed E-state index contributed by atoms with van der Waals surface area (Å²) in [5.41, 5.74) is 1.42. The van der Waals surface area contributed by atoms with Crippen molar-refractivity contribution in [2.24, 2.45) is 0 Å². The number of benzene rings is 2. The van der Waals surface area contributed by atoms with Crippen LogP contribution in [-0.4, -0.2) is 37.4 Å². The van der Waals surface area contributed by atoms with Gasteiger partial charge in [-0.1, -0.05) is 12.1 Å². The highest BCUT2D eigenvalue weighted by Crippen LogP contribution is 2.36. The summed E-state index contributed by atoms with van der Waals surface area (Å²) in [6.07, 6.45) is -3.71. The van der Waals surface area contributed by atoms with E-state index in [9.17, 15) is 23.1 Å². The van der Waals surface area contributed by atoms with Crippen molar-refractivity contribution in [2.75, 3.05) is 25.2 Å². The zero-order valence-corrected chi connectivity index (χ0v) is 14.7.